The third-order valence-electron chi connectivity index (χ3n) is 5.43. The van der Waals surface area contributed by atoms with Gasteiger partial charge in [0.15, 0.2) is 0 Å². The van der Waals surface area contributed by atoms with E-state index < -0.39 is 0 Å². The van der Waals surface area contributed by atoms with E-state index in [0.717, 1.165) is 17.4 Å². The second kappa shape index (κ2) is 7.50. The molecule has 1 fully saturated rings. The van der Waals surface area contributed by atoms with E-state index in [1.807, 2.05) is 6.20 Å². The molecule has 0 aliphatic carbocycles. The van der Waals surface area contributed by atoms with Crippen LogP contribution in [0.15, 0.2) is 54.7 Å². The molecule has 2 heterocycles. The Balaban J connectivity index is 1.49. The number of piperidine rings is 1. The predicted octanol–water partition coefficient (Wildman–Crippen LogP) is 4.84. The number of benzene rings is 2. The molecular formula is C22H28N4. The Morgan fingerprint density at radius 3 is 2.81 bits per heavy atom. The van der Waals surface area contributed by atoms with Gasteiger partial charge in [0.05, 0.1) is 11.7 Å². The van der Waals surface area contributed by atoms with Gasteiger partial charge in [-0.1, -0.05) is 44.2 Å². The highest BCUT2D eigenvalue weighted by molar-refractivity contribution is 5.81. The van der Waals surface area contributed by atoms with E-state index in [2.05, 4.69) is 82.8 Å². The molecule has 2 N–H and O–H groups in total. The molecule has 0 amide bonds. The molecule has 2 aromatic carbocycles. The largest absolute Gasteiger partial charge is 0.381 e. The molecule has 0 radical (unpaired) electrons. The van der Waals surface area contributed by atoms with E-state index in [4.69, 9.17) is 0 Å². The number of anilines is 1. The van der Waals surface area contributed by atoms with Gasteiger partial charge in [-0.2, -0.15) is 5.10 Å². The lowest BCUT2D eigenvalue weighted by molar-refractivity contribution is 0.121. The minimum Gasteiger partial charge on any atom is -0.381 e. The zero-order chi connectivity index (χ0) is 17.9. The van der Waals surface area contributed by atoms with E-state index >= 15 is 0 Å². The van der Waals surface area contributed by atoms with Crippen LogP contribution in [0, 0.1) is 5.92 Å². The van der Waals surface area contributed by atoms with E-state index in [9.17, 15) is 0 Å². The second-order valence-corrected chi connectivity index (χ2v) is 7.75. The van der Waals surface area contributed by atoms with Crippen LogP contribution in [0.2, 0.25) is 0 Å². The summed E-state index contributed by atoms with van der Waals surface area (Å²) in [6.45, 7) is 6.93. The molecule has 1 aliphatic rings. The van der Waals surface area contributed by atoms with E-state index in [1.165, 1.54) is 30.6 Å². The van der Waals surface area contributed by atoms with Gasteiger partial charge in [0.2, 0.25) is 0 Å². The lowest BCUT2D eigenvalue weighted by Crippen LogP contribution is -2.45. The molecule has 26 heavy (non-hydrogen) atoms. The van der Waals surface area contributed by atoms with Crippen molar-refractivity contribution in [2.75, 3.05) is 18.4 Å². The summed E-state index contributed by atoms with van der Waals surface area (Å²) in [5.74, 6) is 0.596. The SMILES string of the molecule is CC(C)C(c1ccccc1)N1CCCC(Nc2ccc3[nH]ncc3c2)C1. The van der Waals surface area contributed by atoms with Gasteiger partial charge in [-0.25, -0.2) is 0 Å². The summed E-state index contributed by atoms with van der Waals surface area (Å²) in [7, 11) is 0. The van der Waals surface area contributed by atoms with E-state index in [-0.39, 0.29) is 0 Å². The number of fused-ring (bicyclic) bond motifs is 1. The van der Waals surface area contributed by atoms with Crippen LogP contribution in [0.4, 0.5) is 5.69 Å². The van der Waals surface area contributed by atoms with Crippen molar-refractivity contribution in [2.24, 2.45) is 5.92 Å². The first kappa shape index (κ1) is 17.1. The molecule has 4 heteroatoms. The summed E-state index contributed by atoms with van der Waals surface area (Å²) >= 11 is 0. The Hall–Kier alpha value is -2.33. The Bertz CT molecular complexity index is 839. The first-order chi connectivity index (χ1) is 12.7. The van der Waals surface area contributed by atoms with Crippen molar-refractivity contribution in [3.05, 3.63) is 60.3 Å². The standard InChI is InChI=1S/C22H28N4/c1-16(2)22(17-7-4-3-5-8-17)26-12-6-9-20(15-26)24-19-10-11-21-18(13-19)14-23-25-21/h3-5,7-8,10-11,13-14,16,20,22,24H,6,9,12,15H2,1-2H3,(H,23,25). The molecule has 2 atom stereocenters. The number of likely N-dealkylation sites (tertiary alicyclic amines) is 1. The molecule has 4 nitrogen and oxygen atoms in total. The third kappa shape index (κ3) is 3.61. The zero-order valence-electron chi connectivity index (χ0n) is 15.7. The minimum absolute atomic E-state index is 0.483. The quantitative estimate of drug-likeness (QED) is 0.693. The third-order valence-corrected chi connectivity index (χ3v) is 5.43. The molecule has 1 aliphatic heterocycles. The Labute approximate surface area is 155 Å². The maximum atomic E-state index is 4.12. The van der Waals surface area contributed by atoms with Crippen molar-refractivity contribution in [3.8, 4) is 0 Å². The average molecular weight is 348 g/mol. The van der Waals surface area contributed by atoms with Crippen molar-refractivity contribution in [2.45, 2.75) is 38.8 Å². The molecule has 0 bridgehead atoms. The molecule has 1 saturated heterocycles. The monoisotopic (exact) mass is 348 g/mol. The number of aromatic amines is 1. The van der Waals surface area contributed by atoms with Crippen LogP contribution in [0.25, 0.3) is 10.9 Å². The second-order valence-electron chi connectivity index (χ2n) is 7.75. The fourth-order valence-corrected chi connectivity index (χ4v) is 4.31. The normalized spacial score (nSPS) is 19.7. The fourth-order valence-electron chi connectivity index (χ4n) is 4.31. The first-order valence-electron chi connectivity index (χ1n) is 9.69. The number of hydrogen-bond donors (Lipinski definition) is 2. The van der Waals surface area contributed by atoms with Gasteiger partial charge >= 0.3 is 0 Å². The Morgan fingerprint density at radius 1 is 1.15 bits per heavy atom. The summed E-state index contributed by atoms with van der Waals surface area (Å²) in [6, 6.07) is 18.4. The molecule has 1 aromatic heterocycles. The van der Waals surface area contributed by atoms with E-state index in [1.54, 1.807) is 0 Å². The van der Waals surface area contributed by atoms with Crippen LogP contribution in [0.1, 0.15) is 38.3 Å². The molecule has 0 saturated carbocycles. The topological polar surface area (TPSA) is 44.0 Å². The smallest absolute Gasteiger partial charge is 0.0651 e. The predicted molar refractivity (Wildman–Crippen MR) is 108 cm³/mol. The maximum absolute atomic E-state index is 4.12. The van der Waals surface area contributed by atoms with Gasteiger partial charge in [0.1, 0.15) is 0 Å². The van der Waals surface area contributed by atoms with Gasteiger partial charge in [0.25, 0.3) is 0 Å². The van der Waals surface area contributed by atoms with Crippen LogP contribution in [-0.4, -0.2) is 34.2 Å². The zero-order valence-corrected chi connectivity index (χ0v) is 15.7. The summed E-state index contributed by atoms with van der Waals surface area (Å²) in [4.78, 5) is 2.66. The molecule has 2 unspecified atom stereocenters. The maximum Gasteiger partial charge on any atom is 0.0651 e. The summed E-state index contributed by atoms with van der Waals surface area (Å²) in [5.41, 5.74) is 3.71. The Morgan fingerprint density at radius 2 is 2.00 bits per heavy atom. The fraction of sp³-hybridized carbons (Fsp3) is 0.409. The van der Waals surface area contributed by atoms with Gasteiger partial charge in [-0.3, -0.25) is 10.00 Å². The average Bonchev–Trinajstić information content (AvgIpc) is 3.11. The summed E-state index contributed by atoms with van der Waals surface area (Å²) < 4.78 is 0. The van der Waals surface area contributed by atoms with Crippen LogP contribution in [0.5, 0.6) is 0 Å². The molecule has 0 spiro atoms. The van der Waals surface area contributed by atoms with Crippen molar-refractivity contribution in [1.29, 1.82) is 0 Å². The number of rotatable bonds is 5. The van der Waals surface area contributed by atoms with Crippen molar-refractivity contribution >= 4 is 16.6 Å². The highest BCUT2D eigenvalue weighted by atomic mass is 15.2. The minimum atomic E-state index is 0.483. The molecule has 3 aromatic rings. The van der Waals surface area contributed by atoms with E-state index in [0.29, 0.717) is 18.0 Å². The van der Waals surface area contributed by atoms with Crippen LogP contribution < -0.4 is 5.32 Å². The lowest BCUT2D eigenvalue weighted by atomic mass is 9.91. The number of nitrogens with zero attached hydrogens (tertiary/aromatic N) is 2. The van der Waals surface area contributed by atoms with Gasteiger partial charge in [0, 0.05) is 29.7 Å². The molecule has 136 valence electrons. The molecule has 4 rings (SSSR count). The molecular weight excluding hydrogens is 320 g/mol. The van der Waals surface area contributed by atoms with Crippen molar-refractivity contribution < 1.29 is 0 Å². The summed E-state index contributed by atoms with van der Waals surface area (Å²) in [5, 5.41) is 12.0. The van der Waals surface area contributed by atoms with Gasteiger partial charge < -0.3 is 5.32 Å². The number of nitrogens with one attached hydrogen (secondary N) is 2. The lowest BCUT2D eigenvalue weighted by Gasteiger charge is -2.41. The van der Waals surface area contributed by atoms with Crippen molar-refractivity contribution in [3.63, 3.8) is 0 Å². The highest BCUT2D eigenvalue weighted by Gasteiger charge is 2.28. The number of hydrogen-bond acceptors (Lipinski definition) is 3. The van der Waals surface area contributed by atoms with Crippen molar-refractivity contribution in [1.82, 2.24) is 15.1 Å². The van der Waals surface area contributed by atoms with Gasteiger partial charge in [-0.15, -0.1) is 0 Å². The van der Waals surface area contributed by atoms with Crippen LogP contribution in [-0.2, 0) is 0 Å². The van der Waals surface area contributed by atoms with Crippen LogP contribution in [0.3, 0.4) is 0 Å². The Kier molecular flexibility index (Phi) is 4.93. The number of H-pyrrole nitrogens is 1. The van der Waals surface area contributed by atoms with Gasteiger partial charge in [-0.05, 0) is 49.1 Å². The number of aromatic nitrogens is 2. The van der Waals surface area contributed by atoms with Crippen LogP contribution >= 0.6 is 0 Å². The summed E-state index contributed by atoms with van der Waals surface area (Å²) in [6.07, 6.45) is 4.35. The first-order valence-corrected chi connectivity index (χ1v) is 9.69. The highest BCUT2D eigenvalue weighted by Crippen LogP contribution is 2.31.